The highest BCUT2D eigenvalue weighted by molar-refractivity contribution is 7.13. The van der Waals surface area contributed by atoms with Crippen LogP contribution < -0.4 is 4.90 Å². The van der Waals surface area contributed by atoms with Crippen LogP contribution in [0.5, 0.6) is 0 Å². The normalized spacial score (nSPS) is 10.2. The number of thiazole rings is 1. The van der Waals surface area contributed by atoms with Crippen LogP contribution in [0.25, 0.3) is 0 Å². The summed E-state index contributed by atoms with van der Waals surface area (Å²) in [6, 6.07) is 0. The van der Waals surface area contributed by atoms with Gasteiger partial charge in [0, 0.05) is 18.5 Å². The zero-order valence-corrected chi connectivity index (χ0v) is 10.2. The zero-order valence-electron chi connectivity index (χ0n) is 9.42. The lowest BCUT2D eigenvalue weighted by atomic mass is 10.3. The van der Waals surface area contributed by atoms with Crippen LogP contribution in [0.15, 0.2) is 5.38 Å². The Kier molecular flexibility index (Phi) is 4.89. The predicted octanol–water partition coefficient (Wildman–Crippen LogP) is 1.21. The highest BCUT2D eigenvalue weighted by Crippen LogP contribution is 2.20. The van der Waals surface area contributed by atoms with Gasteiger partial charge in [0.05, 0.1) is 18.5 Å². The molecule has 0 unspecified atom stereocenters. The molecule has 0 bridgehead atoms. The molecule has 0 fully saturated rings. The third kappa shape index (κ3) is 4.81. The maximum absolute atomic E-state index is 10.5. The van der Waals surface area contributed by atoms with E-state index in [9.17, 15) is 9.59 Å². The smallest absolute Gasteiger partial charge is 0.305 e. The number of carboxylic acids is 2. The van der Waals surface area contributed by atoms with E-state index in [4.69, 9.17) is 10.2 Å². The standard InChI is InChI=1S/C10H14N2O4S/c1-7-6-17-10(11-7)12(4-2-8(13)14)5-3-9(15)16/h6H,2-5H2,1H3,(H,13,14)(H,15,16). The number of carboxylic acid groups (broad SMARTS) is 2. The molecule has 1 heterocycles. The summed E-state index contributed by atoms with van der Waals surface area (Å²) in [5.74, 6) is -1.81. The van der Waals surface area contributed by atoms with Crippen molar-refractivity contribution in [2.24, 2.45) is 0 Å². The fraction of sp³-hybridized carbons (Fsp3) is 0.500. The summed E-state index contributed by atoms with van der Waals surface area (Å²) < 4.78 is 0. The van der Waals surface area contributed by atoms with E-state index in [1.807, 2.05) is 12.3 Å². The van der Waals surface area contributed by atoms with Crippen LogP contribution in [0.2, 0.25) is 0 Å². The minimum Gasteiger partial charge on any atom is -0.481 e. The van der Waals surface area contributed by atoms with Crippen molar-refractivity contribution in [2.75, 3.05) is 18.0 Å². The Bertz CT molecular complexity index is 387. The molecule has 17 heavy (non-hydrogen) atoms. The van der Waals surface area contributed by atoms with Crippen molar-refractivity contribution in [1.82, 2.24) is 4.98 Å². The van der Waals surface area contributed by atoms with Gasteiger partial charge in [0.2, 0.25) is 0 Å². The fourth-order valence-corrected chi connectivity index (χ4v) is 2.11. The number of aliphatic carboxylic acids is 2. The van der Waals surface area contributed by atoms with Gasteiger partial charge < -0.3 is 15.1 Å². The molecule has 0 amide bonds. The first-order chi connectivity index (χ1) is 7.99. The average Bonchev–Trinajstić information content (AvgIpc) is 2.64. The van der Waals surface area contributed by atoms with Gasteiger partial charge in [-0.05, 0) is 6.92 Å². The summed E-state index contributed by atoms with van der Waals surface area (Å²) in [7, 11) is 0. The Morgan fingerprint density at radius 2 is 1.82 bits per heavy atom. The Hall–Kier alpha value is -1.63. The van der Waals surface area contributed by atoms with Crippen molar-refractivity contribution in [3.05, 3.63) is 11.1 Å². The number of anilines is 1. The first kappa shape index (κ1) is 13.4. The number of aryl methyl sites for hydroxylation is 1. The second-order valence-electron chi connectivity index (χ2n) is 3.55. The topological polar surface area (TPSA) is 90.7 Å². The molecule has 0 saturated heterocycles. The number of nitrogens with zero attached hydrogens (tertiary/aromatic N) is 2. The van der Waals surface area contributed by atoms with Gasteiger partial charge >= 0.3 is 11.9 Å². The van der Waals surface area contributed by atoms with Gasteiger partial charge in [-0.25, -0.2) is 4.98 Å². The number of hydrogen-bond donors (Lipinski definition) is 2. The molecule has 0 aliphatic rings. The van der Waals surface area contributed by atoms with Crippen LogP contribution in [-0.2, 0) is 9.59 Å². The molecule has 0 saturated carbocycles. The van der Waals surface area contributed by atoms with Gasteiger partial charge in [0.25, 0.3) is 0 Å². The Morgan fingerprint density at radius 1 is 1.29 bits per heavy atom. The third-order valence-corrected chi connectivity index (χ3v) is 3.09. The summed E-state index contributed by atoms with van der Waals surface area (Å²) >= 11 is 1.39. The average molecular weight is 258 g/mol. The zero-order chi connectivity index (χ0) is 12.8. The lowest BCUT2D eigenvalue weighted by molar-refractivity contribution is -0.137. The second kappa shape index (κ2) is 6.19. The van der Waals surface area contributed by atoms with E-state index in [2.05, 4.69) is 4.98 Å². The van der Waals surface area contributed by atoms with E-state index in [1.54, 1.807) is 4.90 Å². The van der Waals surface area contributed by atoms with Gasteiger partial charge in [-0.1, -0.05) is 0 Å². The van der Waals surface area contributed by atoms with E-state index in [0.29, 0.717) is 5.13 Å². The summed E-state index contributed by atoms with van der Waals surface area (Å²) in [5, 5.41) is 19.8. The summed E-state index contributed by atoms with van der Waals surface area (Å²) in [6.07, 6.45) is -0.0590. The molecule has 0 aliphatic heterocycles. The lowest BCUT2D eigenvalue weighted by Crippen LogP contribution is -2.28. The molecular weight excluding hydrogens is 244 g/mol. The van der Waals surface area contributed by atoms with Crippen molar-refractivity contribution in [2.45, 2.75) is 19.8 Å². The minimum absolute atomic E-state index is 0.0295. The molecule has 94 valence electrons. The van der Waals surface area contributed by atoms with Crippen LogP contribution in [-0.4, -0.2) is 40.2 Å². The van der Waals surface area contributed by atoms with Crippen molar-refractivity contribution >= 4 is 28.4 Å². The first-order valence-electron chi connectivity index (χ1n) is 5.09. The first-order valence-corrected chi connectivity index (χ1v) is 5.97. The van der Waals surface area contributed by atoms with Crippen LogP contribution in [0, 0.1) is 6.92 Å². The molecule has 6 nitrogen and oxygen atoms in total. The van der Waals surface area contributed by atoms with Crippen molar-refractivity contribution in [3.63, 3.8) is 0 Å². The van der Waals surface area contributed by atoms with Gasteiger partial charge in [-0.3, -0.25) is 9.59 Å². The maximum atomic E-state index is 10.5. The van der Waals surface area contributed by atoms with Gasteiger partial charge in [0.15, 0.2) is 5.13 Å². The monoisotopic (exact) mass is 258 g/mol. The summed E-state index contributed by atoms with van der Waals surface area (Å²) in [6.45, 7) is 2.39. The molecule has 0 aromatic carbocycles. The molecule has 0 spiro atoms. The van der Waals surface area contributed by atoms with Crippen LogP contribution >= 0.6 is 11.3 Å². The number of hydrogen-bond acceptors (Lipinski definition) is 5. The SMILES string of the molecule is Cc1csc(N(CCC(=O)O)CCC(=O)O)n1. The highest BCUT2D eigenvalue weighted by atomic mass is 32.1. The van der Waals surface area contributed by atoms with Crippen molar-refractivity contribution in [3.8, 4) is 0 Å². The van der Waals surface area contributed by atoms with Crippen LogP contribution in [0.4, 0.5) is 5.13 Å². The van der Waals surface area contributed by atoms with Gasteiger partial charge in [-0.15, -0.1) is 11.3 Å². The van der Waals surface area contributed by atoms with E-state index in [1.165, 1.54) is 11.3 Å². The molecule has 0 atom stereocenters. The van der Waals surface area contributed by atoms with E-state index < -0.39 is 11.9 Å². The molecule has 1 aromatic rings. The number of rotatable bonds is 7. The molecule has 2 N–H and O–H groups in total. The van der Waals surface area contributed by atoms with Gasteiger partial charge in [-0.2, -0.15) is 0 Å². The molecule has 1 aromatic heterocycles. The minimum atomic E-state index is -0.904. The van der Waals surface area contributed by atoms with E-state index in [-0.39, 0.29) is 25.9 Å². The fourth-order valence-electron chi connectivity index (χ4n) is 1.25. The molecule has 0 radical (unpaired) electrons. The van der Waals surface area contributed by atoms with Crippen LogP contribution in [0.1, 0.15) is 18.5 Å². The third-order valence-electron chi connectivity index (χ3n) is 2.07. The molecular formula is C10H14N2O4S. The van der Waals surface area contributed by atoms with Crippen molar-refractivity contribution < 1.29 is 19.8 Å². The van der Waals surface area contributed by atoms with E-state index in [0.717, 1.165) is 5.69 Å². The Morgan fingerprint density at radius 3 is 2.18 bits per heavy atom. The molecule has 1 rings (SSSR count). The number of aromatic nitrogens is 1. The molecule has 7 heteroatoms. The van der Waals surface area contributed by atoms with Crippen LogP contribution in [0.3, 0.4) is 0 Å². The van der Waals surface area contributed by atoms with Crippen molar-refractivity contribution in [1.29, 1.82) is 0 Å². The second-order valence-corrected chi connectivity index (χ2v) is 4.38. The highest BCUT2D eigenvalue weighted by Gasteiger charge is 2.13. The Labute approximate surface area is 103 Å². The molecule has 0 aliphatic carbocycles. The predicted molar refractivity (Wildman–Crippen MR) is 63.6 cm³/mol. The lowest BCUT2D eigenvalue weighted by Gasteiger charge is -2.19. The quantitative estimate of drug-likeness (QED) is 0.763. The summed E-state index contributed by atoms with van der Waals surface area (Å²) in [4.78, 5) is 27.0. The maximum Gasteiger partial charge on any atom is 0.305 e. The summed E-state index contributed by atoms with van der Waals surface area (Å²) in [5.41, 5.74) is 0.848. The Balaban J connectivity index is 2.64. The van der Waals surface area contributed by atoms with E-state index >= 15 is 0 Å². The largest absolute Gasteiger partial charge is 0.481 e. The van der Waals surface area contributed by atoms with Gasteiger partial charge in [0.1, 0.15) is 0 Å². The number of carbonyl (C=O) groups is 2.